The summed E-state index contributed by atoms with van der Waals surface area (Å²) in [6.07, 6.45) is 5.17. The number of rotatable bonds is 4. The molecule has 0 unspecified atom stereocenters. The van der Waals surface area contributed by atoms with Crippen molar-refractivity contribution >= 4 is 66.6 Å². The smallest absolute Gasteiger partial charge is 0.150 e. The van der Waals surface area contributed by atoms with Gasteiger partial charge in [0.25, 0.3) is 0 Å². The minimum Gasteiger partial charge on any atom is -0.298 e. The fourth-order valence-electron chi connectivity index (χ4n) is 4.66. The molecule has 2 aromatic carbocycles. The van der Waals surface area contributed by atoms with E-state index in [4.69, 9.17) is 0 Å². The predicted molar refractivity (Wildman–Crippen MR) is 125 cm³/mol. The average molecular weight is 417 g/mol. The Hall–Kier alpha value is -2.56. The second kappa shape index (κ2) is 7.05. The third-order valence-electron chi connectivity index (χ3n) is 5.87. The summed E-state index contributed by atoms with van der Waals surface area (Å²) in [5.41, 5.74) is 7.09. The monoisotopic (exact) mass is 416 g/mol. The number of hydrogen-bond acceptors (Lipinski definition) is 4. The first-order valence-corrected chi connectivity index (χ1v) is 11.4. The summed E-state index contributed by atoms with van der Waals surface area (Å²) in [7, 11) is 0. The Morgan fingerprint density at radius 3 is 1.59 bits per heavy atom. The summed E-state index contributed by atoms with van der Waals surface area (Å²) in [6.45, 7) is 4.39. The van der Waals surface area contributed by atoms with Gasteiger partial charge in [0.2, 0.25) is 0 Å². The van der Waals surface area contributed by atoms with E-state index >= 15 is 0 Å². The van der Waals surface area contributed by atoms with Crippen molar-refractivity contribution in [2.45, 2.75) is 33.1 Å². The minimum atomic E-state index is 0.733. The Bertz CT molecular complexity index is 1230. The van der Waals surface area contributed by atoms with Gasteiger partial charge in [-0.15, -0.1) is 22.7 Å². The van der Waals surface area contributed by atoms with Gasteiger partial charge >= 0.3 is 0 Å². The predicted octanol–water partition coefficient (Wildman–Crippen LogP) is 7.45. The molecule has 0 spiro atoms. The zero-order chi connectivity index (χ0) is 20.1. The third kappa shape index (κ3) is 2.90. The molecule has 29 heavy (non-hydrogen) atoms. The quantitative estimate of drug-likeness (QED) is 0.324. The van der Waals surface area contributed by atoms with E-state index < -0.39 is 0 Å². The van der Waals surface area contributed by atoms with Gasteiger partial charge in [-0.05, 0) is 67.5 Å². The molecule has 4 aromatic rings. The number of fused-ring (bicyclic) bond motifs is 2. The van der Waals surface area contributed by atoms with Gasteiger partial charge in [0.15, 0.2) is 0 Å². The lowest BCUT2D eigenvalue weighted by Crippen LogP contribution is -1.89. The number of thiophene rings is 2. The number of carbonyl (C=O) groups is 2. The standard InChI is InChI=1S/C25H20O2S2/c1-14-24(20-8-6-16(12-26)10-22(20)28-14)18-4-3-5-19(18)25-15(2)29-23-11-17(13-27)7-9-21(23)25/h6-13H,3-5H2,1-2H3. The largest absolute Gasteiger partial charge is 0.298 e. The van der Waals surface area contributed by atoms with Crippen LogP contribution in [0.15, 0.2) is 36.4 Å². The third-order valence-corrected chi connectivity index (χ3v) is 8.01. The Morgan fingerprint density at radius 2 is 1.17 bits per heavy atom. The van der Waals surface area contributed by atoms with Crippen LogP contribution in [0.1, 0.15) is 60.9 Å². The maximum atomic E-state index is 11.2. The van der Waals surface area contributed by atoms with E-state index in [2.05, 4.69) is 26.0 Å². The number of benzene rings is 2. The molecule has 1 aliphatic rings. The fraction of sp³-hybridized carbons (Fsp3) is 0.200. The van der Waals surface area contributed by atoms with Crippen molar-refractivity contribution in [2.75, 3.05) is 0 Å². The molecular formula is C25H20O2S2. The molecule has 0 bridgehead atoms. The van der Waals surface area contributed by atoms with Gasteiger partial charge in [0.1, 0.15) is 12.6 Å². The fourth-order valence-corrected chi connectivity index (χ4v) is 6.94. The molecule has 144 valence electrons. The molecule has 0 N–H and O–H groups in total. The highest BCUT2D eigenvalue weighted by molar-refractivity contribution is 7.19. The Morgan fingerprint density at radius 1 is 0.724 bits per heavy atom. The number of aldehydes is 2. The summed E-state index contributed by atoms with van der Waals surface area (Å²) in [6, 6.07) is 12.1. The summed E-state index contributed by atoms with van der Waals surface area (Å²) in [4.78, 5) is 25.0. The van der Waals surface area contributed by atoms with Gasteiger partial charge in [-0.25, -0.2) is 0 Å². The van der Waals surface area contributed by atoms with Gasteiger partial charge in [0.05, 0.1) is 0 Å². The second-order valence-electron chi connectivity index (χ2n) is 7.62. The van der Waals surface area contributed by atoms with Crippen LogP contribution in [0.3, 0.4) is 0 Å². The normalized spacial score (nSPS) is 14.3. The van der Waals surface area contributed by atoms with Crippen molar-refractivity contribution in [3.8, 4) is 0 Å². The Balaban J connectivity index is 1.76. The molecule has 5 rings (SSSR count). The second-order valence-corrected chi connectivity index (χ2v) is 10.1. The van der Waals surface area contributed by atoms with Crippen LogP contribution in [0.25, 0.3) is 31.3 Å². The summed E-state index contributed by atoms with van der Waals surface area (Å²) in [5.74, 6) is 0. The van der Waals surface area contributed by atoms with E-state index in [1.807, 2.05) is 24.3 Å². The molecule has 1 aliphatic carbocycles. The molecule has 0 saturated heterocycles. The number of hydrogen-bond donors (Lipinski definition) is 0. The Kier molecular flexibility index (Phi) is 4.49. The molecule has 0 fully saturated rings. The van der Waals surface area contributed by atoms with E-state index in [0.717, 1.165) is 43.0 Å². The van der Waals surface area contributed by atoms with Crippen LogP contribution in [0.2, 0.25) is 0 Å². The molecular weight excluding hydrogens is 396 g/mol. The molecule has 0 saturated carbocycles. The molecule has 2 aromatic heterocycles. The van der Waals surface area contributed by atoms with Crippen LogP contribution >= 0.6 is 22.7 Å². The van der Waals surface area contributed by atoms with Crippen LogP contribution in [-0.4, -0.2) is 12.6 Å². The summed E-state index contributed by atoms with van der Waals surface area (Å²) < 4.78 is 2.37. The van der Waals surface area contributed by atoms with E-state index in [-0.39, 0.29) is 0 Å². The summed E-state index contributed by atoms with van der Waals surface area (Å²) in [5, 5.41) is 2.51. The molecule has 2 heterocycles. The first-order valence-electron chi connectivity index (χ1n) is 9.80. The molecule has 0 radical (unpaired) electrons. The summed E-state index contributed by atoms with van der Waals surface area (Å²) >= 11 is 3.56. The van der Waals surface area contributed by atoms with Crippen LogP contribution in [0.5, 0.6) is 0 Å². The highest BCUT2D eigenvalue weighted by Gasteiger charge is 2.25. The zero-order valence-electron chi connectivity index (χ0n) is 16.4. The van der Waals surface area contributed by atoms with Gasteiger partial charge in [-0.2, -0.15) is 0 Å². The van der Waals surface area contributed by atoms with Crippen LogP contribution < -0.4 is 0 Å². The van der Waals surface area contributed by atoms with Crippen molar-refractivity contribution < 1.29 is 9.59 Å². The van der Waals surface area contributed by atoms with Crippen molar-refractivity contribution in [1.82, 2.24) is 0 Å². The SMILES string of the molecule is Cc1sc2cc(C=O)ccc2c1C1=C(c2c(C)sc3cc(C=O)ccc23)CCC1. The lowest BCUT2D eigenvalue weighted by atomic mass is 9.93. The van der Waals surface area contributed by atoms with E-state index in [1.165, 1.54) is 52.2 Å². The lowest BCUT2D eigenvalue weighted by molar-refractivity contribution is 0.111. The van der Waals surface area contributed by atoms with Crippen molar-refractivity contribution in [3.05, 3.63) is 68.4 Å². The Labute approximate surface area is 177 Å². The minimum absolute atomic E-state index is 0.733. The average Bonchev–Trinajstić information content (AvgIpc) is 3.39. The van der Waals surface area contributed by atoms with E-state index in [9.17, 15) is 9.59 Å². The van der Waals surface area contributed by atoms with Crippen LogP contribution in [0, 0.1) is 13.8 Å². The van der Waals surface area contributed by atoms with Gasteiger partial charge in [-0.1, -0.05) is 24.3 Å². The van der Waals surface area contributed by atoms with E-state index in [0.29, 0.717) is 0 Å². The van der Waals surface area contributed by atoms with Gasteiger partial charge in [0, 0.05) is 41.1 Å². The zero-order valence-corrected chi connectivity index (χ0v) is 18.0. The molecule has 2 nitrogen and oxygen atoms in total. The van der Waals surface area contributed by atoms with Crippen LogP contribution in [0.4, 0.5) is 0 Å². The van der Waals surface area contributed by atoms with Crippen LogP contribution in [-0.2, 0) is 0 Å². The van der Waals surface area contributed by atoms with Crippen molar-refractivity contribution in [2.24, 2.45) is 0 Å². The number of allylic oxidation sites excluding steroid dienone is 2. The maximum absolute atomic E-state index is 11.2. The van der Waals surface area contributed by atoms with E-state index in [1.54, 1.807) is 22.7 Å². The highest BCUT2D eigenvalue weighted by atomic mass is 32.1. The topological polar surface area (TPSA) is 34.1 Å². The number of carbonyl (C=O) groups excluding carboxylic acids is 2. The first-order chi connectivity index (χ1) is 14.1. The van der Waals surface area contributed by atoms with Crippen molar-refractivity contribution in [3.63, 3.8) is 0 Å². The molecule has 0 atom stereocenters. The number of aryl methyl sites for hydroxylation is 2. The highest BCUT2D eigenvalue weighted by Crippen LogP contribution is 2.49. The molecule has 4 heteroatoms. The first kappa shape index (κ1) is 18.5. The van der Waals surface area contributed by atoms with Gasteiger partial charge < -0.3 is 0 Å². The molecule has 0 amide bonds. The van der Waals surface area contributed by atoms with Crippen molar-refractivity contribution in [1.29, 1.82) is 0 Å². The van der Waals surface area contributed by atoms with Gasteiger partial charge in [-0.3, -0.25) is 9.59 Å². The lowest BCUT2D eigenvalue weighted by Gasteiger charge is -2.10. The maximum Gasteiger partial charge on any atom is 0.150 e. The molecule has 0 aliphatic heterocycles.